The molecule has 0 spiro atoms. The first-order valence-corrected chi connectivity index (χ1v) is 13.3. The van der Waals surface area contributed by atoms with E-state index in [4.69, 9.17) is 14.5 Å². The van der Waals surface area contributed by atoms with Crippen LogP contribution < -0.4 is 24.4 Å². The molecule has 5 nitrogen and oxygen atoms in total. The van der Waals surface area contributed by atoms with E-state index in [0.29, 0.717) is 20.8 Å². The zero-order valence-corrected chi connectivity index (χ0v) is 22.2. The Bertz CT molecular complexity index is 1700. The van der Waals surface area contributed by atoms with Gasteiger partial charge in [0.2, 0.25) is 0 Å². The van der Waals surface area contributed by atoms with Gasteiger partial charge >= 0.3 is 0 Å². The summed E-state index contributed by atoms with van der Waals surface area (Å²) >= 11 is 4.96. The van der Waals surface area contributed by atoms with Crippen molar-refractivity contribution in [3.63, 3.8) is 0 Å². The lowest BCUT2D eigenvalue weighted by Crippen LogP contribution is -2.38. The van der Waals surface area contributed by atoms with Gasteiger partial charge in [-0.05, 0) is 65.9 Å². The Balaban J connectivity index is 1.62. The van der Waals surface area contributed by atoms with Crippen molar-refractivity contribution >= 4 is 39.0 Å². The van der Waals surface area contributed by atoms with E-state index in [0.717, 1.165) is 39.7 Å². The van der Waals surface area contributed by atoms with Crippen LogP contribution in [-0.4, -0.2) is 18.8 Å². The van der Waals surface area contributed by atoms with E-state index in [1.54, 1.807) is 14.2 Å². The smallest absolute Gasteiger partial charge is 0.271 e. The molecular weight excluding hydrogens is 536 g/mol. The molecule has 36 heavy (non-hydrogen) atoms. The summed E-state index contributed by atoms with van der Waals surface area (Å²) in [5.74, 6) is 1.38. The van der Waals surface area contributed by atoms with Gasteiger partial charge in [-0.25, -0.2) is 4.99 Å². The first-order valence-electron chi connectivity index (χ1n) is 11.7. The lowest BCUT2D eigenvalue weighted by Gasteiger charge is -2.30. The van der Waals surface area contributed by atoms with Gasteiger partial charge in [-0.1, -0.05) is 63.7 Å². The van der Waals surface area contributed by atoms with Crippen LogP contribution in [0, 0.1) is 0 Å². The molecule has 1 aromatic heterocycles. The first kappa shape index (κ1) is 23.0. The summed E-state index contributed by atoms with van der Waals surface area (Å²) in [7, 11) is 3.25. The van der Waals surface area contributed by atoms with Crippen molar-refractivity contribution in [3.05, 3.63) is 119 Å². The van der Waals surface area contributed by atoms with E-state index < -0.39 is 0 Å². The fraction of sp³-hybridized carbons (Fsp3) is 0.172. The highest BCUT2D eigenvalue weighted by Gasteiger charge is 2.32. The maximum atomic E-state index is 13.9. The Morgan fingerprint density at radius 2 is 1.83 bits per heavy atom. The number of aryl methyl sites for hydroxylation is 1. The summed E-state index contributed by atoms with van der Waals surface area (Å²) in [6.45, 7) is 0. The lowest BCUT2D eigenvalue weighted by atomic mass is 9.83. The largest absolute Gasteiger partial charge is 0.497 e. The minimum absolute atomic E-state index is 0.0537. The van der Waals surface area contributed by atoms with Crippen LogP contribution in [0.3, 0.4) is 0 Å². The van der Waals surface area contributed by atoms with E-state index in [2.05, 4.69) is 52.3 Å². The number of hydrogen-bond acceptors (Lipinski definition) is 5. The van der Waals surface area contributed by atoms with E-state index >= 15 is 0 Å². The molecule has 0 saturated carbocycles. The van der Waals surface area contributed by atoms with E-state index in [9.17, 15) is 4.79 Å². The number of hydrogen-bond donors (Lipinski definition) is 0. The van der Waals surface area contributed by atoms with Gasteiger partial charge in [0.1, 0.15) is 11.5 Å². The number of aromatic nitrogens is 1. The van der Waals surface area contributed by atoms with Crippen molar-refractivity contribution in [1.29, 1.82) is 0 Å². The van der Waals surface area contributed by atoms with Gasteiger partial charge < -0.3 is 9.47 Å². The topological polar surface area (TPSA) is 52.8 Å². The van der Waals surface area contributed by atoms with E-state index in [-0.39, 0.29) is 11.6 Å². The second-order valence-corrected chi connectivity index (χ2v) is 10.7. The summed E-state index contributed by atoms with van der Waals surface area (Å²) in [6.07, 6.45) is 3.67. The van der Waals surface area contributed by atoms with Gasteiger partial charge in [0, 0.05) is 15.6 Å². The Kier molecular flexibility index (Phi) is 5.90. The summed E-state index contributed by atoms with van der Waals surface area (Å²) < 4.78 is 14.4. The molecule has 3 aromatic carbocycles. The fourth-order valence-electron chi connectivity index (χ4n) is 5.06. The third-order valence-electron chi connectivity index (χ3n) is 6.78. The Morgan fingerprint density at radius 1 is 1.03 bits per heavy atom. The molecule has 0 bridgehead atoms. The molecule has 0 unspecified atom stereocenters. The van der Waals surface area contributed by atoms with Crippen LogP contribution in [0.25, 0.3) is 11.8 Å². The third-order valence-corrected chi connectivity index (χ3v) is 8.29. The second-order valence-electron chi connectivity index (χ2n) is 8.77. The van der Waals surface area contributed by atoms with Crippen LogP contribution >= 0.6 is 27.3 Å². The van der Waals surface area contributed by atoms with Crippen molar-refractivity contribution in [2.24, 2.45) is 4.99 Å². The summed E-state index contributed by atoms with van der Waals surface area (Å²) in [5, 5.41) is 0. The molecule has 0 N–H and O–H groups in total. The summed E-state index contributed by atoms with van der Waals surface area (Å²) in [6, 6.07) is 22.1. The average Bonchev–Trinajstić information content (AvgIpc) is 3.22. The van der Waals surface area contributed by atoms with E-state index in [1.807, 2.05) is 41.0 Å². The number of thiazole rings is 1. The normalized spacial score (nSPS) is 16.6. The zero-order valence-electron chi connectivity index (χ0n) is 19.8. The number of halogens is 1. The number of benzene rings is 3. The van der Waals surface area contributed by atoms with E-state index in [1.165, 1.54) is 22.5 Å². The molecule has 1 aliphatic heterocycles. The van der Waals surface area contributed by atoms with Gasteiger partial charge in [-0.3, -0.25) is 9.36 Å². The van der Waals surface area contributed by atoms with Crippen molar-refractivity contribution in [1.82, 2.24) is 4.57 Å². The number of allylic oxidation sites excluding steroid dienone is 1. The van der Waals surface area contributed by atoms with Crippen molar-refractivity contribution in [3.8, 4) is 11.5 Å². The lowest BCUT2D eigenvalue weighted by molar-refractivity contribution is 0.402. The van der Waals surface area contributed by atoms with Crippen LogP contribution in [0.4, 0.5) is 0 Å². The average molecular weight is 559 g/mol. The number of nitrogens with zero attached hydrogens (tertiary/aromatic N) is 2. The Morgan fingerprint density at radius 3 is 2.61 bits per heavy atom. The van der Waals surface area contributed by atoms with Crippen molar-refractivity contribution < 1.29 is 9.47 Å². The Hall–Kier alpha value is -3.42. The molecule has 1 atom stereocenters. The molecular formula is C29H23BrN2O3S. The van der Waals surface area contributed by atoms with Crippen LogP contribution in [0.2, 0.25) is 0 Å². The molecule has 0 fully saturated rings. The molecule has 2 aliphatic rings. The minimum atomic E-state index is -0.202. The summed E-state index contributed by atoms with van der Waals surface area (Å²) in [4.78, 5) is 19.7. The maximum absolute atomic E-state index is 13.9. The van der Waals surface area contributed by atoms with Gasteiger partial charge in [0.15, 0.2) is 4.80 Å². The highest BCUT2D eigenvalue weighted by molar-refractivity contribution is 9.10. The molecule has 0 radical (unpaired) electrons. The predicted molar refractivity (Wildman–Crippen MR) is 146 cm³/mol. The SMILES string of the molecule is COc1ccc(OC)c(/C=c2/sc3n(c2=O)[C@@H](c2ccc(Br)cc2)C2=C(N=3)c3ccccc3CC2)c1. The minimum Gasteiger partial charge on any atom is -0.497 e. The summed E-state index contributed by atoms with van der Waals surface area (Å²) in [5.41, 5.74) is 6.46. The highest BCUT2D eigenvalue weighted by Crippen LogP contribution is 2.41. The number of ether oxygens (including phenoxy) is 2. The molecule has 0 saturated heterocycles. The highest BCUT2D eigenvalue weighted by atomic mass is 79.9. The zero-order chi connectivity index (χ0) is 24.8. The molecule has 1 aliphatic carbocycles. The van der Waals surface area contributed by atoms with Crippen molar-refractivity contribution in [2.45, 2.75) is 18.9 Å². The molecule has 6 rings (SSSR count). The monoisotopic (exact) mass is 558 g/mol. The standard InChI is InChI=1S/C29H23BrN2O3S/c1-34-21-12-14-24(35-2)19(15-21)16-25-28(33)32-27(18-7-10-20(30)11-8-18)23-13-9-17-5-3-4-6-22(17)26(23)31-29(32)36-25/h3-8,10-12,14-16,27H,9,13H2,1-2H3/b25-16+/t27-/m0/s1. The van der Waals surface area contributed by atoms with Crippen LogP contribution in [0.15, 0.2) is 86.6 Å². The first-order chi connectivity index (χ1) is 17.6. The van der Waals surface area contributed by atoms with Crippen molar-refractivity contribution in [2.75, 3.05) is 14.2 Å². The van der Waals surface area contributed by atoms with Crippen LogP contribution in [0.1, 0.15) is 34.7 Å². The molecule has 4 aromatic rings. The second kappa shape index (κ2) is 9.22. The predicted octanol–water partition coefficient (Wildman–Crippen LogP) is 5.10. The molecule has 2 heterocycles. The third kappa shape index (κ3) is 3.83. The van der Waals surface area contributed by atoms with Gasteiger partial charge in [0.05, 0.1) is 30.5 Å². The number of rotatable bonds is 4. The van der Waals surface area contributed by atoms with Gasteiger partial charge in [-0.15, -0.1) is 0 Å². The molecule has 7 heteroatoms. The van der Waals surface area contributed by atoms with Gasteiger partial charge in [-0.2, -0.15) is 0 Å². The molecule has 0 amide bonds. The quantitative estimate of drug-likeness (QED) is 0.350. The number of fused-ring (bicyclic) bond motifs is 3. The van der Waals surface area contributed by atoms with Crippen LogP contribution in [0.5, 0.6) is 11.5 Å². The van der Waals surface area contributed by atoms with Crippen LogP contribution in [-0.2, 0) is 6.42 Å². The fourth-order valence-corrected chi connectivity index (χ4v) is 6.32. The van der Waals surface area contributed by atoms with Gasteiger partial charge in [0.25, 0.3) is 5.56 Å². The maximum Gasteiger partial charge on any atom is 0.271 e. The number of methoxy groups -OCH3 is 2. The Labute approximate surface area is 220 Å². The molecule has 180 valence electrons.